The summed E-state index contributed by atoms with van der Waals surface area (Å²) in [6, 6.07) is 17.6. The fourth-order valence-electron chi connectivity index (χ4n) is 1.68. The lowest BCUT2D eigenvalue weighted by atomic mass is 10.1. The van der Waals surface area contributed by atoms with Crippen LogP contribution >= 0.6 is 15.9 Å². The first kappa shape index (κ1) is 12.8. The number of hydrogen-bond acceptors (Lipinski definition) is 1. The van der Waals surface area contributed by atoms with E-state index in [4.69, 9.17) is 0 Å². The van der Waals surface area contributed by atoms with E-state index in [0.717, 1.165) is 16.6 Å². The van der Waals surface area contributed by atoms with Gasteiger partial charge >= 0.3 is 0 Å². The number of para-hydroxylation sites is 1. The van der Waals surface area contributed by atoms with Crippen LogP contribution in [0, 0.1) is 0 Å². The molecule has 0 unspecified atom stereocenters. The highest BCUT2D eigenvalue weighted by molar-refractivity contribution is 9.10. The Morgan fingerprint density at radius 1 is 1.00 bits per heavy atom. The zero-order chi connectivity index (χ0) is 12.8. The summed E-state index contributed by atoms with van der Waals surface area (Å²) in [6.45, 7) is 0. The maximum absolute atomic E-state index is 11.8. The van der Waals surface area contributed by atoms with Gasteiger partial charge < -0.3 is 5.32 Å². The summed E-state index contributed by atoms with van der Waals surface area (Å²) >= 11 is 3.41. The molecule has 0 aliphatic heterocycles. The first-order valence-corrected chi connectivity index (χ1v) is 6.63. The SMILES string of the molecule is O=C(CCc1ccccc1)Nc1ccccc1Br. The van der Waals surface area contributed by atoms with Crippen LogP contribution in [0.2, 0.25) is 0 Å². The van der Waals surface area contributed by atoms with Crippen LogP contribution in [-0.2, 0) is 11.2 Å². The van der Waals surface area contributed by atoms with E-state index in [1.807, 2.05) is 54.6 Å². The number of carbonyl (C=O) groups excluding carboxylic acids is 1. The van der Waals surface area contributed by atoms with Gasteiger partial charge in [0.25, 0.3) is 0 Å². The molecule has 0 aliphatic carbocycles. The molecule has 0 radical (unpaired) electrons. The van der Waals surface area contributed by atoms with Gasteiger partial charge in [0.15, 0.2) is 0 Å². The van der Waals surface area contributed by atoms with Crippen molar-refractivity contribution >= 4 is 27.5 Å². The molecule has 2 aromatic carbocycles. The van der Waals surface area contributed by atoms with Gasteiger partial charge in [-0.25, -0.2) is 0 Å². The summed E-state index contributed by atoms with van der Waals surface area (Å²) in [5.41, 5.74) is 2.00. The Balaban J connectivity index is 1.88. The number of anilines is 1. The number of rotatable bonds is 4. The molecule has 18 heavy (non-hydrogen) atoms. The third-order valence-corrected chi connectivity index (χ3v) is 3.32. The Bertz CT molecular complexity index is 525. The molecule has 0 bridgehead atoms. The van der Waals surface area contributed by atoms with Crippen molar-refractivity contribution in [3.8, 4) is 0 Å². The molecule has 2 rings (SSSR count). The number of carbonyl (C=O) groups is 1. The van der Waals surface area contributed by atoms with Crippen LogP contribution < -0.4 is 5.32 Å². The number of amides is 1. The number of nitrogens with one attached hydrogen (secondary N) is 1. The van der Waals surface area contributed by atoms with Crippen molar-refractivity contribution in [1.29, 1.82) is 0 Å². The minimum Gasteiger partial charge on any atom is -0.325 e. The summed E-state index contributed by atoms with van der Waals surface area (Å²) in [5, 5.41) is 2.89. The van der Waals surface area contributed by atoms with Crippen LogP contribution in [0.25, 0.3) is 0 Å². The first-order chi connectivity index (χ1) is 8.75. The van der Waals surface area contributed by atoms with E-state index in [2.05, 4.69) is 21.2 Å². The maximum Gasteiger partial charge on any atom is 0.224 e. The molecule has 0 heterocycles. The molecule has 0 aliphatic rings. The summed E-state index contributed by atoms with van der Waals surface area (Å²) in [6.07, 6.45) is 1.25. The minimum absolute atomic E-state index is 0.0331. The van der Waals surface area contributed by atoms with Gasteiger partial charge in [0.2, 0.25) is 5.91 Å². The first-order valence-electron chi connectivity index (χ1n) is 5.84. The predicted octanol–water partition coefficient (Wildman–Crippen LogP) is 4.02. The van der Waals surface area contributed by atoms with E-state index < -0.39 is 0 Å². The third-order valence-electron chi connectivity index (χ3n) is 2.63. The van der Waals surface area contributed by atoms with E-state index in [1.165, 1.54) is 5.56 Å². The lowest BCUT2D eigenvalue weighted by Crippen LogP contribution is -2.12. The molecule has 0 saturated heterocycles. The van der Waals surface area contributed by atoms with Gasteiger partial charge in [0.05, 0.1) is 5.69 Å². The molecule has 3 heteroatoms. The summed E-state index contributed by atoms with van der Waals surface area (Å²) in [5.74, 6) is 0.0331. The topological polar surface area (TPSA) is 29.1 Å². The number of hydrogen-bond donors (Lipinski definition) is 1. The van der Waals surface area contributed by atoms with Crippen LogP contribution in [0.3, 0.4) is 0 Å². The molecular weight excluding hydrogens is 290 g/mol. The van der Waals surface area contributed by atoms with Crippen molar-refractivity contribution in [3.63, 3.8) is 0 Å². The molecule has 1 N–H and O–H groups in total. The zero-order valence-corrected chi connectivity index (χ0v) is 11.5. The minimum atomic E-state index is 0.0331. The molecule has 0 saturated carbocycles. The maximum atomic E-state index is 11.8. The second-order valence-electron chi connectivity index (χ2n) is 4.01. The number of aryl methyl sites for hydroxylation is 1. The van der Waals surface area contributed by atoms with Crippen molar-refractivity contribution in [2.24, 2.45) is 0 Å². The Morgan fingerprint density at radius 3 is 2.39 bits per heavy atom. The van der Waals surface area contributed by atoms with E-state index in [1.54, 1.807) is 0 Å². The Hall–Kier alpha value is -1.61. The fraction of sp³-hybridized carbons (Fsp3) is 0.133. The molecule has 1 amide bonds. The molecule has 0 atom stereocenters. The second-order valence-corrected chi connectivity index (χ2v) is 4.87. The van der Waals surface area contributed by atoms with Crippen LogP contribution in [0.5, 0.6) is 0 Å². The third kappa shape index (κ3) is 3.70. The van der Waals surface area contributed by atoms with Gasteiger partial charge in [-0.1, -0.05) is 42.5 Å². The largest absolute Gasteiger partial charge is 0.325 e. The molecule has 0 aromatic heterocycles. The van der Waals surface area contributed by atoms with Crippen molar-refractivity contribution in [3.05, 3.63) is 64.6 Å². The second kappa shape index (κ2) is 6.36. The van der Waals surface area contributed by atoms with Crippen LogP contribution in [0.4, 0.5) is 5.69 Å². The van der Waals surface area contributed by atoms with Crippen molar-refractivity contribution < 1.29 is 4.79 Å². The Labute approximate surface area is 115 Å². The van der Waals surface area contributed by atoms with Gasteiger partial charge in [0, 0.05) is 10.9 Å². The molecule has 92 valence electrons. The number of benzene rings is 2. The van der Waals surface area contributed by atoms with Crippen molar-refractivity contribution in [2.45, 2.75) is 12.8 Å². The average Bonchev–Trinajstić information content (AvgIpc) is 2.40. The molecule has 0 spiro atoms. The predicted molar refractivity (Wildman–Crippen MR) is 77.5 cm³/mol. The van der Waals surface area contributed by atoms with Crippen molar-refractivity contribution in [2.75, 3.05) is 5.32 Å². The highest BCUT2D eigenvalue weighted by Crippen LogP contribution is 2.21. The molecule has 2 nitrogen and oxygen atoms in total. The van der Waals surface area contributed by atoms with Gasteiger partial charge in [-0.2, -0.15) is 0 Å². The summed E-state index contributed by atoms with van der Waals surface area (Å²) in [7, 11) is 0. The quantitative estimate of drug-likeness (QED) is 0.908. The van der Waals surface area contributed by atoms with E-state index in [9.17, 15) is 4.79 Å². The molecular formula is C15H14BrNO. The Kier molecular flexibility index (Phi) is 4.53. The smallest absolute Gasteiger partial charge is 0.224 e. The lowest BCUT2D eigenvalue weighted by Gasteiger charge is -2.07. The standard InChI is InChI=1S/C15H14BrNO/c16-13-8-4-5-9-14(13)17-15(18)11-10-12-6-2-1-3-7-12/h1-9H,10-11H2,(H,17,18). The van der Waals surface area contributed by atoms with Crippen LogP contribution in [0.15, 0.2) is 59.1 Å². The molecule has 0 fully saturated rings. The van der Waals surface area contributed by atoms with Gasteiger partial charge in [0.1, 0.15) is 0 Å². The Morgan fingerprint density at radius 2 is 1.67 bits per heavy atom. The number of halogens is 1. The lowest BCUT2D eigenvalue weighted by molar-refractivity contribution is -0.116. The van der Waals surface area contributed by atoms with Crippen molar-refractivity contribution in [1.82, 2.24) is 0 Å². The zero-order valence-electron chi connectivity index (χ0n) is 9.90. The van der Waals surface area contributed by atoms with Gasteiger partial charge in [-0.05, 0) is 40.0 Å². The van der Waals surface area contributed by atoms with Crippen LogP contribution in [-0.4, -0.2) is 5.91 Å². The highest BCUT2D eigenvalue weighted by atomic mass is 79.9. The van der Waals surface area contributed by atoms with Gasteiger partial charge in [-0.3, -0.25) is 4.79 Å². The van der Waals surface area contributed by atoms with Gasteiger partial charge in [-0.15, -0.1) is 0 Å². The average molecular weight is 304 g/mol. The summed E-state index contributed by atoms with van der Waals surface area (Å²) < 4.78 is 0.901. The fourth-order valence-corrected chi connectivity index (χ4v) is 2.06. The molecule has 2 aromatic rings. The highest BCUT2D eigenvalue weighted by Gasteiger charge is 2.05. The van der Waals surface area contributed by atoms with Crippen LogP contribution in [0.1, 0.15) is 12.0 Å². The normalized spacial score (nSPS) is 10.1. The summed E-state index contributed by atoms with van der Waals surface area (Å²) in [4.78, 5) is 11.8. The van der Waals surface area contributed by atoms with E-state index in [-0.39, 0.29) is 5.91 Å². The van der Waals surface area contributed by atoms with E-state index >= 15 is 0 Å². The monoisotopic (exact) mass is 303 g/mol. The van der Waals surface area contributed by atoms with E-state index in [0.29, 0.717) is 6.42 Å².